The molecule has 1 aromatic rings. The van der Waals surface area contributed by atoms with Crippen molar-refractivity contribution in [3.8, 4) is 5.88 Å². The van der Waals surface area contributed by atoms with Crippen LogP contribution in [0, 0.1) is 0 Å². The number of H-pyrrole nitrogens is 1. The summed E-state index contributed by atoms with van der Waals surface area (Å²) in [6, 6.07) is 0. The Kier molecular flexibility index (Phi) is 1.20. The molecule has 1 rings (SSSR count). The second kappa shape index (κ2) is 1.86. The summed E-state index contributed by atoms with van der Waals surface area (Å²) in [6.07, 6.45) is 2.28. The van der Waals surface area contributed by atoms with Crippen LogP contribution >= 0.6 is 0 Å². The fourth-order valence-corrected chi connectivity index (χ4v) is 0.574. The van der Waals surface area contributed by atoms with E-state index < -0.39 is 0 Å². The Morgan fingerprint density at radius 3 is 2.88 bits per heavy atom. The van der Waals surface area contributed by atoms with Crippen LogP contribution in [0.2, 0.25) is 0 Å². The van der Waals surface area contributed by atoms with E-state index in [-0.39, 0.29) is 5.88 Å². The number of hydrogen-bond donors (Lipinski definition) is 2. The minimum absolute atomic E-state index is 0.118. The van der Waals surface area contributed by atoms with Gasteiger partial charge in [-0.2, -0.15) is 0 Å². The van der Waals surface area contributed by atoms with Gasteiger partial charge in [0, 0.05) is 0 Å². The van der Waals surface area contributed by atoms with E-state index in [1.54, 1.807) is 0 Å². The van der Waals surface area contributed by atoms with Crippen molar-refractivity contribution in [3.63, 3.8) is 0 Å². The molecule has 1 heterocycles. The van der Waals surface area contributed by atoms with Crippen LogP contribution in [0.1, 0.15) is 12.6 Å². The molecule has 3 nitrogen and oxygen atoms in total. The summed E-state index contributed by atoms with van der Waals surface area (Å²) in [5, 5.41) is 8.81. The summed E-state index contributed by atoms with van der Waals surface area (Å²) < 4.78 is 0. The summed E-state index contributed by atoms with van der Waals surface area (Å²) in [7, 11) is 0. The molecule has 0 spiro atoms. The van der Waals surface area contributed by atoms with E-state index in [1.807, 2.05) is 6.92 Å². The second-order valence-electron chi connectivity index (χ2n) is 1.56. The normalized spacial score (nSPS) is 9.62. The molecule has 0 amide bonds. The highest BCUT2D eigenvalue weighted by molar-refractivity contribution is 5.14. The maximum atomic E-state index is 8.81. The average molecular weight is 112 g/mol. The summed E-state index contributed by atoms with van der Waals surface area (Å²) in [5.41, 5.74) is 0.796. The Morgan fingerprint density at radius 2 is 2.62 bits per heavy atom. The molecule has 0 aliphatic carbocycles. The summed E-state index contributed by atoms with van der Waals surface area (Å²) in [6.45, 7) is 1.95. The van der Waals surface area contributed by atoms with Crippen LogP contribution < -0.4 is 0 Å². The van der Waals surface area contributed by atoms with Gasteiger partial charge >= 0.3 is 0 Å². The minimum atomic E-state index is 0.118. The van der Waals surface area contributed by atoms with E-state index in [2.05, 4.69) is 9.97 Å². The van der Waals surface area contributed by atoms with Gasteiger partial charge in [-0.3, -0.25) is 0 Å². The Balaban J connectivity index is 2.92. The van der Waals surface area contributed by atoms with Gasteiger partial charge in [0.15, 0.2) is 0 Å². The zero-order valence-corrected chi connectivity index (χ0v) is 4.68. The number of nitrogens with zero attached hydrogens (tertiary/aromatic N) is 1. The molecule has 2 N–H and O–H groups in total. The van der Waals surface area contributed by atoms with E-state index in [0.29, 0.717) is 0 Å². The third-order valence-corrected chi connectivity index (χ3v) is 1.05. The number of hydrogen-bond acceptors (Lipinski definition) is 2. The minimum Gasteiger partial charge on any atom is -0.492 e. The average Bonchev–Trinajstić information content (AvgIpc) is 2.14. The Labute approximate surface area is 47.4 Å². The number of imidazole rings is 1. The lowest BCUT2D eigenvalue weighted by atomic mass is 10.4. The molecule has 0 fully saturated rings. The first kappa shape index (κ1) is 5.15. The Hall–Kier alpha value is -0.990. The van der Waals surface area contributed by atoms with Gasteiger partial charge in [0.1, 0.15) is 0 Å². The molecule has 0 aliphatic rings. The standard InChI is InChI=1S/C5H8N2O/c1-2-4-5(8)7-3-6-4/h3,8H,2H2,1H3,(H,6,7). The first-order valence-electron chi connectivity index (χ1n) is 2.55. The first-order chi connectivity index (χ1) is 3.84. The zero-order valence-electron chi connectivity index (χ0n) is 4.68. The lowest BCUT2D eigenvalue weighted by molar-refractivity contribution is 0.450. The lowest BCUT2D eigenvalue weighted by Gasteiger charge is -1.85. The monoisotopic (exact) mass is 112 g/mol. The SMILES string of the molecule is CCc1[nH]cnc1O. The van der Waals surface area contributed by atoms with Crippen molar-refractivity contribution < 1.29 is 5.11 Å². The summed E-state index contributed by atoms with van der Waals surface area (Å²) in [5.74, 6) is 0.118. The summed E-state index contributed by atoms with van der Waals surface area (Å²) in [4.78, 5) is 6.38. The molecule has 0 aromatic carbocycles. The highest BCUT2D eigenvalue weighted by Crippen LogP contribution is 2.08. The summed E-state index contributed by atoms with van der Waals surface area (Å²) >= 11 is 0. The fourth-order valence-electron chi connectivity index (χ4n) is 0.574. The largest absolute Gasteiger partial charge is 0.492 e. The van der Waals surface area contributed by atoms with Crippen molar-refractivity contribution >= 4 is 0 Å². The van der Waals surface area contributed by atoms with E-state index in [4.69, 9.17) is 5.11 Å². The molecular formula is C5H8N2O. The number of aromatic hydroxyl groups is 1. The van der Waals surface area contributed by atoms with Gasteiger partial charge in [0.2, 0.25) is 5.88 Å². The van der Waals surface area contributed by atoms with Gasteiger partial charge in [-0.05, 0) is 6.42 Å². The van der Waals surface area contributed by atoms with Gasteiger partial charge in [-0.1, -0.05) is 6.92 Å². The van der Waals surface area contributed by atoms with E-state index in [1.165, 1.54) is 6.33 Å². The molecule has 1 aromatic heterocycles. The highest BCUT2D eigenvalue weighted by atomic mass is 16.3. The molecule has 3 heteroatoms. The van der Waals surface area contributed by atoms with Crippen LogP contribution in [0.25, 0.3) is 0 Å². The molecule has 0 radical (unpaired) electrons. The highest BCUT2D eigenvalue weighted by Gasteiger charge is 1.96. The van der Waals surface area contributed by atoms with Crippen LogP contribution in [0.4, 0.5) is 0 Å². The number of aromatic nitrogens is 2. The topological polar surface area (TPSA) is 48.9 Å². The van der Waals surface area contributed by atoms with Crippen LogP contribution in [0.15, 0.2) is 6.33 Å². The van der Waals surface area contributed by atoms with Gasteiger partial charge < -0.3 is 10.1 Å². The number of aromatic amines is 1. The third-order valence-electron chi connectivity index (χ3n) is 1.05. The Morgan fingerprint density at radius 1 is 1.88 bits per heavy atom. The molecule has 44 valence electrons. The zero-order chi connectivity index (χ0) is 5.98. The van der Waals surface area contributed by atoms with Gasteiger partial charge in [0.25, 0.3) is 0 Å². The van der Waals surface area contributed by atoms with Crippen LogP contribution in [-0.2, 0) is 6.42 Å². The van der Waals surface area contributed by atoms with Crippen molar-refractivity contribution in [1.29, 1.82) is 0 Å². The van der Waals surface area contributed by atoms with Crippen molar-refractivity contribution in [2.45, 2.75) is 13.3 Å². The third kappa shape index (κ3) is 0.665. The second-order valence-corrected chi connectivity index (χ2v) is 1.56. The molecular weight excluding hydrogens is 104 g/mol. The fraction of sp³-hybridized carbons (Fsp3) is 0.400. The van der Waals surface area contributed by atoms with Crippen molar-refractivity contribution in [2.75, 3.05) is 0 Å². The van der Waals surface area contributed by atoms with Crippen LogP contribution in [0.5, 0.6) is 5.88 Å². The molecule has 0 atom stereocenters. The van der Waals surface area contributed by atoms with Crippen molar-refractivity contribution in [1.82, 2.24) is 9.97 Å². The van der Waals surface area contributed by atoms with Gasteiger partial charge in [-0.25, -0.2) is 4.98 Å². The number of aryl methyl sites for hydroxylation is 1. The molecule has 0 bridgehead atoms. The van der Waals surface area contributed by atoms with Gasteiger partial charge in [0.05, 0.1) is 12.0 Å². The first-order valence-corrected chi connectivity index (χ1v) is 2.55. The van der Waals surface area contributed by atoms with E-state index >= 15 is 0 Å². The predicted octanol–water partition coefficient (Wildman–Crippen LogP) is 0.678. The van der Waals surface area contributed by atoms with Crippen LogP contribution in [-0.4, -0.2) is 15.1 Å². The van der Waals surface area contributed by atoms with Crippen molar-refractivity contribution in [3.05, 3.63) is 12.0 Å². The maximum Gasteiger partial charge on any atom is 0.232 e. The van der Waals surface area contributed by atoms with Crippen molar-refractivity contribution in [2.24, 2.45) is 0 Å². The molecule has 8 heavy (non-hydrogen) atoms. The molecule has 0 aliphatic heterocycles. The predicted molar refractivity (Wildman–Crippen MR) is 29.6 cm³/mol. The lowest BCUT2D eigenvalue weighted by Crippen LogP contribution is -1.76. The number of rotatable bonds is 1. The molecule has 0 saturated carbocycles. The Bertz CT molecular complexity index is 171. The quantitative estimate of drug-likeness (QED) is 0.561. The molecule has 0 unspecified atom stereocenters. The van der Waals surface area contributed by atoms with E-state index in [0.717, 1.165) is 12.1 Å². The van der Waals surface area contributed by atoms with Crippen LogP contribution in [0.3, 0.4) is 0 Å². The molecule has 0 saturated heterocycles. The smallest absolute Gasteiger partial charge is 0.232 e. The van der Waals surface area contributed by atoms with E-state index in [9.17, 15) is 0 Å². The van der Waals surface area contributed by atoms with Gasteiger partial charge in [-0.15, -0.1) is 0 Å². The maximum absolute atomic E-state index is 8.81. The number of nitrogens with one attached hydrogen (secondary N) is 1.